The molecule has 0 spiro atoms. The van der Waals surface area contributed by atoms with Crippen LogP contribution in [0.1, 0.15) is 34.1 Å². The van der Waals surface area contributed by atoms with Gasteiger partial charge in [-0.15, -0.1) is 0 Å². The maximum Gasteiger partial charge on any atom is 0.325 e. The van der Waals surface area contributed by atoms with Gasteiger partial charge in [0.05, 0.1) is 13.7 Å². The van der Waals surface area contributed by atoms with Gasteiger partial charge in [0.15, 0.2) is 0 Å². The first-order chi connectivity index (χ1) is 8.62. The Morgan fingerprint density at radius 3 is 2.26 bits per heavy atom. The van der Waals surface area contributed by atoms with E-state index in [9.17, 15) is 13.6 Å². The zero-order valence-electron chi connectivity index (χ0n) is 12.7. The summed E-state index contributed by atoms with van der Waals surface area (Å²) in [6.45, 7) is 7.11. The van der Waals surface area contributed by atoms with E-state index in [-0.39, 0.29) is 24.6 Å². The minimum absolute atomic E-state index is 0.0942. The Morgan fingerprint density at radius 1 is 1.37 bits per heavy atom. The zero-order chi connectivity index (χ0) is 15.2. The van der Waals surface area contributed by atoms with Crippen LogP contribution in [0.3, 0.4) is 0 Å². The molecule has 4 nitrogen and oxygen atoms in total. The van der Waals surface area contributed by atoms with Gasteiger partial charge in [-0.1, -0.05) is 0 Å². The molecule has 0 saturated carbocycles. The van der Waals surface area contributed by atoms with Crippen molar-refractivity contribution >= 4 is 5.97 Å². The molecule has 2 unspecified atom stereocenters. The maximum atomic E-state index is 12.4. The number of esters is 1. The van der Waals surface area contributed by atoms with Gasteiger partial charge in [0.25, 0.3) is 6.43 Å². The minimum Gasteiger partial charge on any atom is -0.468 e. The van der Waals surface area contributed by atoms with Crippen molar-refractivity contribution < 1.29 is 18.3 Å². The summed E-state index contributed by atoms with van der Waals surface area (Å²) >= 11 is 0. The number of ether oxygens (including phenoxy) is 1. The number of nitrogens with one attached hydrogen (secondary N) is 1. The van der Waals surface area contributed by atoms with E-state index < -0.39 is 12.0 Å². The normalized spacial score (nSPS) is 16.8. The number of rotatable bonds is 8. The summed E-state index contributed by atoms with van der Waals surface area (Å²) in [5, 5.41) is 3.16. The zero-order valence-corrected chi connectivity index (χ0v) is 12.7. The second-order valence-electron chi connectivity index (χ2n) is 5.51. The molecule has 0 aromatic carbocycles. The SMILES string of the molecule is COC(=O)C(C)(CC(C)N(C)CC(F)F)NC(C)C. The van der Waals surface area contributed by atoms with Gasteiger partial charge in [-0.25, -0.2) is 8.78 Å². The van der Waals surface area contributed by atoms with E-state index in [1.165, 1.54) is 7.11 Å². The second-order valence-corrected chi connectivity index (χ2v) is 5.51. The molecule has 19 heavy (non-hydrogen) atoms. The fourth-order valence-corrected chi connectivity index (χ4v) is 2.21. The average molecular weight is 280 g/mol. The first-order valence-electron chi connectivity index (χ1n) is 6.47. The van der Waals surface area contributed by atoms with Gasteiger partial charge in [-0.2, -0.15) is 0 Å². The van der Waals surface area contributed by atoms with E-state index in [4.69, 9.17) is 4.74 Å². The van der Waals surface area contributed by atoms with Crippen molar-refractivity contribution in [3.63, 3.8) is 0 Å². The van der Waals surface area contributed by atoms with E-state index in [1.54, 1.807) is 18.9 Å². The summed E-state index contributed by atoms with van der Waals surface area (Å²) in [7, 11) is 2.96. The minimum atomic E-state index is -2.38. The Hall–Kier alpha value is -0.750. The first kappa shape index (κ1) is 18.2. The van der Waals surface area contributed by atoms with Crippen molar-refractivity contribution in [3.05, 3.63) is 0 Å². The van der Waals surface area contributed by atoms with Crippen molar-refractivity contribution in [2.75, 3.05) is 20.7 Å². The van der Waals surface area contributed by atoms with Crippen LogP contribution in [-0.4, -0.2) is 55.6 Å². The molecule has 114 valence electrons. The Labute approximate surface area is 114 Å². The molecule has 0 aliphatic rings. The number of carbonyl (C=O) groups is 1. The van der Waals surface area contributed by atoms with Crippen LogP contribution in [0.25, 0.3) is 0 Å². The number of halogens is 2. The van der Waals surface area contributed by atoms with Gasteiger partial charge in [-0.3, -0.25) is 15.0 Å². The monoisotopic (exact) mass is 280 g/mol. The van der Waals surface area contributed by atoms with Crippen molar-refractivity contribution in [3.8, 4) is 0 Å². The third kappa shape index (κ3) is 6.29. The van der Waals surface area contributed by atoms with Gasteiger partial charge >= 0.3 is 5.97 Å². The molecule has 0 radical (unpaired) electrons. The molecule has 6 heteroatoms. The lowest BCUT2D eigenvalue weighted by Crippen LogP contribution is -2.56. The molecule has 0 heterocycles. The number of hydrogen-bond donors (Lipinski definition) is 1. The van der Waals surface area contributed by atoms with Crippen LogP contribution in [-0.2, 0) is 9.53 Å². The summed E-state index contributed by atoms with van der Waals surface area (Å²) in [4.78, 5) is 13.4. The van der Waals surface area contributed by atoms with Gasteiger partial charge in [0.1, 0.15) is 5.54 Å². The molecule has 0 aromatic heterocycles. The number of nitrogens with zero attached hydrogens (tertiary/aromatic N) is 1. The molecule has 0 bridgehead atoms. The van der Waals surface area contributed by atoms with E-state index in [0.29, 0.717) is 6.42 Å². The van der Waals surface area contributed by atoms with E-state index >= 15 is 0 Å². The topological polar surface area (TPSA) is 41.6 Å². The highest BCUT2D eigenvalue weighted by atomic mass is 19.3. The van der Waals surface area contributed by atoms with E-state index in [1.807, 2.05) is 20.8 Å². The fraction of sp³-hybridized carbons (Fsp3) is 0.923. The van der Waals surface area contributed by atoms with E-state index in [0.717, 1.165) is 0 Å². The summed E-state index contributed by atoms with van der Waals surface area (Å²) in [6, 6.07) is -0.0685. The standard InChI is InChI=1S/C13H26F2N2O2/c1-9(2)16-13(4,12(18)19-6)7-10(3)17(5)8-11(14)15/h9-11,16H,7-8H2,1-6H3. The summed E-state index contributed by atoms with van der Waals surface area (Å²) < 4.78 is 29.5. The number of methoxy groups -OCH3 is 1. The Balaban J connectivity index is 4.77. The predicted octanol–water partition coefficient (Wildman–Crippen LogP) is 1.89. The smallest absolute Gasteiger partial charge is 0.325 e. The lowest BCUT2D eigenvalue weighted by atomic mass is 9.92. The van der Waals surface area contributed by atoms with Crippen LogP contribution >= 0.6 is 0 Å². The molecular formula is C13H26F2N2O2. The fourth-order valence-electron chi connectivity index (χ4n) is 2.21. The van der Waals surface area contributed by atoms with Crippen LogP contribution in [0.15, 0.2) is 0 Å². The molecule has 0 rings (SSSR count). The molecular weight excluding hydrogens is 254 g/mol. The summed E-state index contributed by atoms with van der Waals surface area (Å²) in [5.74, 6) is -0.376. The number of hydrogen-bond acceptors (Lipinski definition) is 4. The Kier molecular flexibility index (Phi) is 7.44. The average Bonchev–Trinajstić information content (AvgIpc) is 2.25. The van der Waals surface area contributed by atoms with Crippen molar-refractivity contribution in [2.24, 2.45) is 0 Å². The lowest BCUT2D eigenvalue weighted by Gasteiger charge is -2.35. The molecule has 0 aromatic rings. The largest absolute Gasteiger partial charge is 0.468 e. The molecule has 0 amide bonds. The maximum absolute atomic E-state index is 12.4. The van der Waals surface area contributed by atoms with Crippen LogP contribution in [0.5, 0.6) is 0 Å². The highest BCUT2D eigenvalue weighted by Gasteiger charge is 2.37. The van der Waals surface area contributed by atoms with Crippen molar-refractivity contribution in [2.45, 2.75) is 58.2 Å². The van der Waals surface area contributed by atoms with Crippen molar-refractivity contribution in [1.82, 2.24) is 10.2 Å². The number of alkyl halides is 2. The first-order valence-corrected chi connectivity index (χ1v) is 6.47. The molecule has 2 atom stereocenters. The van der Waals surface area contributed by atoms with Gasteiger partial charge < -0.3 is 4.74 Å². The molecule has 0 saturated heterocycles. The molecule has 1 N–H and O–H groups in total. The Bertz CT molecular complexity index is 288. The van der Waals surface area contributed by atoms with Crippen molar-refractivity contribution in [1.29, 1.82) is 0 Å². The third-order valence-corrected chi connectivity index (χ3v) is 3.13. The molecule has 0 fully saturated rings. The van der Waals surface area contributed by atoms with Crippen LogP contribution < -0.4 is 5.32 Å². The van der Waals surface area contributed by atoms with Crippen LogP contribution in [0.2, 0.25) is 0 Å². The van der Waals surface area contributed by atoms with Gasteiger partial charge in [0.2, 0.25) is 0 Å². The predicted molar refractivity (Wildman–Crippen MR) is 71.4 cm³/mol. The quantitative estimate of drug-likeness (QED) is 0.689. The third-order valence-electron chi connectivity index (χ3n) is 3.13. The highest BCUT2D eigenvalue weighted by Crippen LogP contribution is 2.19. The summed E-state index contributed by atoms with van der Waals surface area (Å²) in [5.41, 5.74) is -0.876. The lowest BCUT2D eigenvalue weighted by molar-refractivity contribution is -0.149. The highest BCUT2D eigenvalue weighted by molar-refractivity contribution is 5.80. The van der Waals surface area contributed by atoms with Crippen LogP contribution in [0, 0.1) is 0 Å². The number of carbonyl (C=O) groups excluding carboxylic acids is 1. The Morgan fingerprint density at radius 2 is 1.89 bits per heavy atom. The second kappa shape index (κ2) is 7.75. The summed E-state index contributed by atoms with van der Waals surface area (Å²) in [6.07, 6.45) is -1.98. The molecule has 0 aliphatic carbocycles. The van der Waals surface area contributed by atoms with Gasteiger partial charge in [-0.05, 0) is 41.2 Å². The van der Waals surface area contributed by atoms with Gasteiger partial charge in [0, 0.05) is 12.1 Å². The van der Waals surface area contributed by atoms with E-state index in [2.05, 4.69) is 5.32 Å². The molecule has 0 aliphatic heterocycles. The van der Waals surface area contributed by atoms with Crippen LogP contribution in [0.4, 0.5) is 8.78 Å².